The third kappa shape index (κ3) is 2.62. The molecule has 1 amide bonds. The standard InChI is InChI=1S/C12H11ClN2O3/c1-17-9-4-2-8(3-5-9)10-7-14-18-12(10)15-11(16)6-13/h2-5,7H,6H2,1H3,(H,15,16). The number of anilines is 1. The van der Waals surface area contributed by atoms with Gasteiger partial charge in [0.25, 0.3) is 0 Å². The van der Waals surface area contributed by atoms with Gasteiger partial charge >= 0.3 is 0 Å². The summed E-state index contributed by atoms with van der Waals surface area (Å²) in [6.07, 6.45) is 1.53. The molecule has 1 aromatic heterocycles. The highest BCUT2D eigenvalue weighted by Gasteiger charge is 2.12. The summed E-state index contributed by atoms with van der Waals surface area (Å²) in [4.78, 5) is 11.2. The normalized spacial score (nSPS) is 10.1. The Hall–Kier alpha value is -2.01. The minimum absolute atomic E-state index is 0.136. The molecule has 18 heavy (non-hydrogen) atoms. The smallest absolute Gasteiger partial charge is 0.241 e. The zero-order valence-corrected chi connectivity index (χ0v) is 10.4. The van der Waals surface area contributed by atoms with E-state index in [2.05, 4.69) is 10.5 Å². The molecule has 0 unspecified atom stereocenters. The third-order valence-electron chi connectivity index (χ3n) is 2.35. The molecule has 94 valence electrons. The van der Waals surface area contributed by atoms with Crippen LogP contribution in [0.1, 0.15) is 0 Å². The third-order valence-corrected chi connectivity index (χ3v) is 2.59. The first kappa shape index (κ1) is 12.4. The minimum Gasteiger partial charge on any atom is -0.497 e. The van der Waals surface area contributed by atoms with Gasteiger partial charge in [0.2, 0.25) is 11.8 Å². The number of carbonyl (C=O) groups excluding carboxylic acids is 1. The first-order chi connectivity index (χ1) is 8.74. The van der Waals surface area contributed by atoms with Crippen LogP contribution in [0, 0.1) is 0 Å². The number of rotatable bonds is 4. The van der Waals surface area contributed by atoms with Crippen LogP contribution in [0.5, 0.6) is 5.75 Å². The van der Waals surface area contributed by atoms with Crippen LogP contribution in [0.15, 0.2) is 35.0 Å². The van der Waals surface area contributed by atoms with Gasteiger partial charge in [-0.25, -0.2) is 0 Å². The van der Waals surface area contributed by atoms with Gasteiger partial charge in [-0.15, -0.1) is 11.6 Å². The van der Waals surface area contributed by atoms with Gasteiger partial charge in [0.1, 0.15) is 11.6 Å². The molecule has 0 bridgehead atoms. The Bertz CT molecular complexity index is 537. The molecule has 0 saturated heterocycles. The predicted molar refractivity (Wildman–Crippen MR) is 67.8 cm³/mol. The molecule has 0 aliphatic heterocycles. The van der Waals surface area contributed by atoms with Crippen LogP contribution in [0.3, 0.4) is 0 Å². The number of methoxy groups -OCH3 is 1. The Labute approximate surface area is 109 Å². The van der Waals surface area contributed by atoms with Gasteiger partial charge in [-0.3, -0.25) is 10.1 Å². The summed E-state index contributed by atoms with van der Waals surface area (Å²) in [6.45, 7) is 0. The summed E-state index contributed by atoms with van der Waals surface area (Å²) in [7, 11) is 1.60. The van der Waals surface area contributed by atoms with E-state index in [1.54, 1.807) is 7.11 Å². The number of nitrogens with zero attached hydrogens (tertiary/aromatic N) is 1. The molecule has 1 aromatic carbocycles. The van der Waals surface area contributed by atoms with Crippen molar-refractivity contribution < 1.29 is 14.1 Å². The highest BCUT2D eigenvalue weighted by Crippen LogP contribution is 2.29. The molecule has 2 rings (SSSR count). The lowest BCUT2D eigenvalue weighted by Crippen LogP contribution is -2.12. The monoisotopic (exact) mass is 266 g/mol. The Balaban J connectivity index is 2.27. The fraction of sp³-hybridized carbons (Fsp3) is 0.167. The largest absolute Gasteiger partial charge is 0.497 e. The summed E-state index contributed by atoms with van der Waals surface area (Å²) in [5.41, 5.74) is 1.55. The number of hydrogen-bond acceptors (Lipinski definition) is 4. The van der Waals surface area contributed by atoms with Crippen molar-refractivity contribution in [3.63, 3.8) is 0 Å². The molecule has 0 spiro atoms. The Kier molecular flexibility index (Phi) is 3.84. The van der Waals surface area contributed by atoms with E-state index < -0.39 is 0 Å². The van der Waals surface area contributed by atoms with Gasteiger partial charge < -0.3 is 9.26 Å². The Morgan fingerprint density at radius 3 is 2.78 bits per heavy atom. The van der Waals surface area contributed by atoms with Crippen molar-refractivity contribution in [2.24, 2.45) is 0 Å². The van der Waals surface area contributed by atoms with Crippen molar-refractivity contribution in [3.05, 3.63) is 30.5 Å². The second kappa shape index (κ2) is 5.55. The van der Waals surface area contributed by atoms with Crippen LogP contribution in [-0.4, -0.2) is 24.1 Å². The molecule has 0 aliphatic carbocycles. The van der Waals surface area contributed by atoms with E-state index in [0.717, 1.165) is 11.3 Å². The number of aromatic nitrogens is 1. The number of nitrogens with one attached hydrogen (secondary N) is 1. The second-order valence-electron chi connectivity index (χ2n) is 3.48. The highest BCUT2D eigenvalue weighted by molar-refractivity contribution is 6.29. The molecule has 6 heteroatoms. The zero-order chi connectivity index (χ0) is 13.0. The lowest BCUT2D eigenvalue weighted by atomic mass is 10.1. The zero-order valence-electron chi connectivity index (χ0n) is 9.64. The topological polar surface area (TPSA) is 64.4 Å². The number of amides is 1. The summed E-state index contributed by atoms with van der Waals surface area (Å²) in [5.74, 6) is 0.554. The van der Waals surface area contributed by atoms with Gasteiger partial charge in [0.05, 0.1) is 18.9 Å². The van der Waals surface area contributed by atoms with Crippen molar-refractivity contribution in [1.82, 2.24) is 5.16 Å². The molecular formula is C12H11ClN2O3. The number of benzene rings is 1. The first-order valence-corrected chi connectivity index (χ1v) is 5.73. The van der Waals surface area contributed by atoms with Gasteiger partial charge in [0.15, 0.2) is 0 Å². The molecule has 0 atom stereocenters. The fourth-order valence-electron chi connectivity index (χ4n) is 1.47. The van der Waals surface area contributed by atoms with E-state index in [1.807, 2.05) is 24.3 Å². The molecule has 5 nitrogen and oxygen atoms in total. The van der Waals surface area contributed by atoms with E-state index in [9.17, 15) is 4.79 Å². The summed E-state index contributed by atoms with van der Waals surface area (Å²) < 4.78 is 10.0. The fourth-order valence-corrected chi connectivity index (χ4v) is 1.53. The number of carbonyl (C=O) groups is 1. The second-order valence-corrected chi connectivity index (χ2v) is 3.75. The van der Waals surface area contributed by atoms with E-state index in [0.29, 0.717) is 5.56 Å². The lowest BCUT2D eigenvalue weighted by molar-refractivity contribution is -0.114. The quantitative estimate of drug-likeness (QED) is 0.864. The average Bonchev–Trinajstić information content (AvgIpc) is 2.86. The Morgan fingerprint density at radius 2 is 2.17 bits per heavy atom. The highest BCUT2D eigenvalue weighted by atomic mass is 35.5. The van der Waals surface area contributed by atoms with Crippen molar-refractivity contribution in [2.45, 2.75) is 0 Å². The van der Waals surface area contributed by atoms with E-state index in [4.69, 9.17) is 20.9 Å². The number of ether oxygens (including phenoxy) is 1. The maximum Gasteiger partial charge on any atom is 0.241 e. The molecular weight excluding hydrogens is 256 g/mol. The van der Waals surface area contributed by atoms with E-state index in [1.165, 1.54) is 6.20 Å². The van der Waals surface area contributed by atoms with Gasteiger partial charge in [-0.05, 0) is 17.7 Å². The maximum absolute atomic E-state index is 11.2. The van der Waals surface area contributed by atoms with Crippen molar-refractivity contribution in [1.29, 1.82) is 0 Å². The van der Waals surface area contributed by atoms with Crippen LogP contribution >= 0.6 is 11.6 Å². The van der Waals surface area contributed by atoms with Crippen LogP contribution in [0.2, 0.25) is 0 Å². The summed E-state index contributed by atoms with van der Waals surface area (Å²) in [5, 5.41) is 6.20. The molecule has 0 aliphatic rings. The van der Waals surface area contributed by atoms with Crippen molar-refractivity contribution in [2.75, 3.05) is 18.3 Å². The first-order valence-electron chi connectivity index (χ1n) is 5.19. The molecule has 1 heterocycles. The van der Waals surface area contributed by atoms with Gasteiger partial charge in [0, 0.05) is 0 Å². The van der Waals surface area contributed by atoms with Gasteiger partial charge in [-0.2, -0.15) is 0 Å². The molecule has 2 aromatic rings. The average molecular weight is 267 g/mol. The van der Waals surface area contributed by atoms with Crippen molar-refractivity contribution >= 4 is 23.4 Å². The predicted octanol–water partition coefficient (Wildman–Crippen LogP) is 2.53. The van der Waals surface area contributed by atoms with Crippen LogP contribution in [0.4, 0.5) is 5.88 Å². The minimum atomic E-state index is -0.344. The van der Waals surface area contributed by atoms with Crippen LogP contribution < -0.4 is 10.1 Å². The molecule has 1 N–H and O–H groups in total. The SMILES string of the molecule is COc1ccc(-c2cnoc2NC(=O)CCl)cc1. The number of halogens is 1. The van der Waals surface area contributed by atoms with E-state index in [-0.39, 0.29) is 17.7 Å². The summed E-state index contributed by atoms with van der Waals surface area (Å²) in [6, 6.07) is 7.33. The van der Waals surface area contributed by atoms with Crippen LogP contribution in [-0.2, 0) is 4.79 Å². The molecule has 0 saturated carbocycles. The van der Waals surface area contributed by atoms with E-state index >= 15 is 0 Å². The summed E-state index contributed by atoms with van der Waals surface area (Å²) >= 11 is 5.42. The maximum atomic E-state index is 11.2. The van der Waals surface area contributed by atoms with Crippen LogP contribution in [0.25, 0.3) is 11.1 Å². The van der Waals surface area contributed by atoms with Gasteiger partial charge in [-0.1, -0.05) is 17.3 Å². The lowest BCUT2D eigenvalue weighted by Gasteiger charge is -2.03. The number of hydrogen-bond donors (Lipinski definition) is 1. The van der Waals surface area contributed by atoms with Crippen molar-refractivity contribution in [3.8, 4) is 16.9 Å². The Morgan fingerprint density at radius 1 is 1.44 bits per heavy atom. The molecule has 0 radical (unpaired) electrons. The molecule has 0 fully saturated rings. The number of alkyl halides is 1.